The fraction of sp³-hybridized carbons (Fsp3) is 1.00. The van der Waals surface area contributed by atoms with Gasteiger partial charge in [-0.05, 0) is 0 Å². The molecule has 0 aromatic heterocycles. The molecular weight excluding hydrogens is 351 g/mol. The van der Waals surface area contributed by atoms with Crippen LogP contribution in [-0.4, -0.2) is 41.8 Å². The van der Waals surface area contributed by atoms with Crippen LogP contribution >= 0.6 is 0 Å². The summed E-state index contributed by atoms with van der Waals surface area (Å²) in [5.74, 6) is 0. The molecule has 0 bridgehead atoms. The minimum atomic E-state index is 0.498. The van der Waals surface area contributed by atoms with Crippen LogP contribution in [0.4, 0.5) is 0 Å². The summed E-state index contributed by atoms with van der Waals surface area (Å²) in [6.07, 6.45) is 6.36. The summed E-state index contributed by atoms with van der Waals surface area (Å²) >= 11 is 0.996. The Bertz CT molecular complexity index is 40.4. The van der Waals surface area contributed by atoms with Crippen LogP contribution in [0.3, 0.4) is 0 Å². The van der Waals surface area contributed by atoms with Gasteiger partial charge in [0.1, 0.15) is 0 Å². The zero-order valence-electron chi connectivity index (χ0n) is 6.47. The first kappa shape index (κ1) is 9.67. The van der Waals surface area contributed by atoms with E-state index >= 15 is 0 Å². The number of hydrogen-bond donors (Lipinski definition) is 0. The predicted octanol–water partition coefficient (Wildman–Crippen LogP) is 2.64. The van der Waals surface area contributed by atoms with E-state index in [-0.39, 0.29) is 0 Å². The average molecular weight is 367 g/mol. The van der Waals surface area contributed by atoms with Gasteiger partial charge in [0.15, 0.2) is 0 Å². The second kappa shape index (κ2) is 7.24. The number of hydrogen-bond acceptors (Lipinski definition) is 0. The second-order valence-electron chi connectivity index (χ2n) is 2.64. The van der Waals surface area contributed by atoms with E-state index in [0.29, 0.717) is 41.8 Å². The van der Waals surface area contributed by atoms with Crippen molar-refractivity contribution in [2.24, 2.45) is 0 Å². The van der Waals surface area contributed by atoms with Crippen molar-refractivity contribution in [2.45, 2.75) is 43.6 Å². The third-order valence-corrected chi connectivity index (χ3v) is 8.25. The molecule has 1 saturated heterocycles. The number of rotatable bonds is 0. The monoisotopic (exact) mass is 372 g/mol. The van der Waals surface area contributed by atoms with Crippen molar-refractivity contribution in [2.75, 3.05) is 0 Å². The Balaban J connectivity index is 2.00. The van der Waals surface area contributed by atoms with Crippen molar-refractivity contribution in [1.29, 1.82) is 0 Å². The van der Waals surface area contributed by atoms with Crippen molar-refractivity contribution in [1.82, 2.24) is 0 Å². The van der Waals surface area contributed by atoms with E-state index in [1.54, 1.807) is 43.6 Å². The Morgan fingerprint density at radius 2 is 0.800 bits per heavy atom. The van der Waals surface area contributed by atoms with Gasteiger partial charge in [0, 0.05) is 0 Å². The average Bonchev–Trinajstić information content (AvgIpc) is 2.01. The Hall–Kier alpha value is 1.58. The first-order valence-corrected chi connectivity index (χ1v) is 10.7. The van der Waals surface area contributed by atoms with Gasteiger partial charge >= 0.3 is 85.4 Å². The molecule has 0 unspecified atom stereocenters. The van der Waals surface area contributed by atoms with Gasteiger partial charge in [-0.1, -0.05) is 0 Å². The molecule has 0 aliphatic carbocycles. The van der Waals surface area contributed by atoms with Crippen LogP contribution in [0.2, 0.25) is 17.9 Å². The van der Waals surface area contributed by atoms with E-state index in [0.717, 1.165) is 0 Å². The van der Waals surface area contributed by atoms with Gasteiger partial charge in [0.05, 0.1) is 0 Å². The van der Waals surface area contributed by atoms with Crippen LogP contribution in [0.5, 0.6) is 0 Å². The molecule has 0 N–H and O–H groups in total. The fourth-order valence-corrected chi connectivity index (χ4v) is 6.85. The molecule has 10 heavy (non-hydrogen) atoms. The quantitative estimate of drug-likeness (QED) is 0.578. The summed E-state index contributed by atoms with van der Waals surface area (Å²) in [6.45, 7) is 0. The summed E-state index contributed by atoms with van der Waals surface area (Å²) in [4.78, 5) is 0. The van der Waals surface area contributed by atoms with E-state index in [9.17, 15) is 0 Å². The second-order valence-corrected chi connectivity index (χ2v) is 9.63. The van der Waals surface area contributed by atoms with Crippen LogP contribution < -0.4 is 0 Å². The van der Waals surface area contributed by atoms with Crippen LogP contribution in [0, 0.1) is 0 Å². The van der Waals surface area contributed by atoms with Crippen molar-refractivity contribution in [3.8, 4) is 0 Å². The molecule has 0 radical (unpaired) electrons. The zero-order valence-corrected chi connectivity index (χ0v) is 11.1. The van der Waals surface area contributed by atoms with Gasteiger partial charge in [0.2, 0.25) is 0 Å². The summed E-state index contributed by atoms with van der Waals surface area (Å²) < 4.78 is 6.60. The van der Waals surface area contributed by atoms with Crippen LogP contribution in [0.25, 0.3) is 0 Å². The van der Waals surface area contributed by atoms with Gasteiger partial charge in [-0.2, -0.15) is 0 Å². The van der Waals surface area contributed by atoms with Crippen LogP contribution in [0.15, 0.2) is 0 Å². The molecule has 1 rings (SSSR count). The van der Waals surface area contributed by atoms with Crippen molar-refractivity contribution < 1.29 is 0 Å². The molecule has 0 nitrogen and oxygen atoms in total. The van der Waals surface area contributed by atoms with Crippen molar-refractivity contribution >= 4 is 41.8 Å². The summed E-state index contributed by atoms with van der Waals surface area (Å²) in [7, 11) is 0. The van der Waals surface area contributed by atoms with Gasteiger partial charge in [-0.15, -0.1) is 0 Å². The van der Waals surface area contributed by atoms with E-state index < -0.39 is 0 Å². The topological polar surface area (TPSA) is 0 Å². The normalized spacial score (nSPS) is 24.0. The zero-order chi connectivity index (χ0) is 7.07. The van der Waals surface area contributed by atoms with Gasteiger partial charge in [-0.25, -0.2) is 0 Å². The standard InChI is InChI=1S/C8H16Te2/c1-2-6-10-8-4-3-7-9-5-1/h1-8H2. The SMILES string of the molecule is C1CC[Te]CCCC[Te]C1. The Morgan fingerprint density at radius 1 is 0.500 bits per heavy atom. The van der Waals surface area contributed by atoms with Gasteiger partial charge in [-0.3, -0.25) is 0 Å². The van der Waals surface area contributed by atoms with Gasteiger partial charge in [0.25, 0.3) is 0 Å². The molecule has 2 heteroatoms. The predicted molar refractivity (Wildman–Crippen MR) is 49.2 cm³/mol. The summed E-state index contributed by atoms with van der Waals surface area (Å²) in [6, 6.07) is 0. The molecular formula is C8H16Te2. The maximum atomic E-state index is 1.65. The molecule has 0 saturated carbocycles. The molecule has 0 aromatic carbocycles. The van der Waals surface area contributed by atoms with Gasteiger partial charge < -0.3 is 0 Å². The van der Waals surface area contributed by atoms with E-state index in [1.807, 2.05) is 0 Å². The molecule has 1 aliphatic heterocycles. The fourth-order valence-electron chi connectivity index (χ4n) is 1.02. The van der Waals surface area contributed by atoms with E-state index in [2.05, 4.69) is 0 Å². The molecule has 1 aliphatic rings. The summed E-state index contributed by atoms with van der Waals surface area (Å²) in [5, 5.41) is 0. The van der Waals surface area contributed by atoms with Crippen molar-refractivity contribution in [3.05, 3.63) is 0 Å². The molecule has 60 valence electrons. The molecule has 0 amide bonds. The third kappa shape index (κ3) is 5.26. The molecule has 1 heterocycles. The molecule has 0 atom stereocenters. The molecule has 1 fully saturated rings. The Kier molecular flexibility index (Phi) is 7.00. The van der Waals surface area contributed by atoms with Crippen LogP contribution in [0.1, 0.15) is 25.7 Å². The van der Waals surface area contributed by atoms with E-state index in [4.69, 9.17) is 0 Å². The molecule has 0 spiro atoms. The van der Waals surface area contributed by atoms with Crippen LogP contribution in [-0.2, 0) is 0 Å². The van der Waals surface area contributed by atoms with Crippen molar-refractivity contribution in [3.63, 3.8) is 0 Å². The Labute approximate surface area is 84.7 Å². The third-order valence-electron chi connectivity index (χ3n) is 1.65. The minimum absolute atomic E-state index is 0.498. The Morgan fingerprint density at radius 3 is 1.10 bits per heavy atom. The summed E-state index contributed by atoms with van der Waals surface area (Å²) in [5.41, 5.74) is 0. The van der Waals surface area contributed by atoms with E-state index in [1.165, 1.54) is 0 Å². The molecule has 0 aromatic rings. The first-order chi connectivity index (χ1) is 5.00. The first-order valence-electron chi connectivity index (χ1n) is 4.15. The maximum absolute atomic E-state index is 1.65.